The van der Waals surface area contributed by atoms with E-state index in [0.717, 1.165) is 28.2 Å². The number of nitrogens with one attached hydrogen (secondary N) is 2. The summed E-state index contributed by atoms with van der Waals surface area (Å²) < 4.78 is 2.11. The third-order valence-electron chi connectivity index (χ3n) is 4.90. The fourth-order valence-electron chi connectivity index (χ4n) is 3.24. The lowest BCUT2D eigenvalue weighted by Gasteiger charge is -2.09. The molecule has 2 aromatic carbocycles. The number of rotatable bonds is 5. The molecule has 0 aliphatic rings. The fraction of sp³-hybridized carbons (Fsp3) is 0.208. The van der Waals surface area contributed by atoms with E-state index in [4.69, 9.17) is 0 Å². The molecule has 0 atom stereocenters. The molecule has 0 saturated carbocycles. The Morgan fingerprint density at radius 3 is 2.27 bits per heavy atom. The largest absolute Gasteiger partial charge is 0.329 e. The van der Waals surface area contributed by atoms with Gasteiger partial charge in [0.1, 0.15) is 0 Å². The minimum Gasteiger partial charge on any atom is -0.318 e. The second-order valence-corrected chi connectivity index (χ2v) is 7.43. The lowest BCUT2D eigenvalue weighted by Crippen LogP contribution is -2.32. The maximum Gasteiger partial charge on any atom is 0.329 e. The summed E-state index contributed by atoms with van der Waals surface area (Å²) in [7, 11) is 0. The molecule has 154 valence electrons. The van der Waals surface area contributed by atoms with Crippen molar-refractivity contribution < 1.29 is 9.59 Å². The van der Waals surface area contributed by atoms with Gasteiger partial charge in [0.15, 0.2) is 0 Å². The number of aryl methyl sites for hydroxylation is 1. The van der Waals surface area contributed by atoms with Crippen molar-refractivity contribution in [3.63, 3.8) is 0 Å². The van der Waals surface area contributed by atoms with E-state index in [2.05, 4.69) is 34.3 Å². The van der Waals surface area contributed by atoms with Gasteiger partial charge < -0.3 is 9.88 Å². The molecule has 30 heavy (non-hydrogen) atoms. The van der Waals surface area contributed by atoms with Gasteiger partial charge in [-0.2, -0.15) is 5.10 Å². The van der Waals surface area contributed by atoms with Gasteiger partial charge in [-0.25, -0.2) is 5.43 Å². The first kappa shape index (κ1) is 21.0. The van der Waals surface area contributed by atoms with E-state index >= 15 is 0 Å². The Kier molecular flexibility index (Phi) is 6.47. The summed E-state index contributed by atoms with van der Waals surface area (Å²) in [5, 5.41) is 6.53. The maximum absolute atomic E-state index is 12.1. The molecule has 6 nitrogen and oxygen atoms in total. The van der Waals surface area contributed by atoms with E-state index in [1.165, 1.54) is 0 Å². The van der Waals surface area contributed by atoms with Crippen LogP contribution in [-0.4, -0.2) is 22.6 Å². The summed E-state index contributed by atoms with van der Waals surface area (Å²) in [5.41, 5.74) is 7.97. The first-order valence-electron chi connectivity index (χ1n) is 9.85. The normalized spacial score (nSPS) is 11.1. The molecule has 3 rings (SSSR count). The third-order valence-corrected chi connectivity index (χ3v) is 4.90. The Labute approximate surface area is 176 Å². The van der Waals surface area contributed by atoms with Crippen LogP contribution in [0, 0.1) is 13.8 Å². The standard InChI is InChI=1S/C24H26N4O2/c1-16(2)19-10-12-21(13-11-19)26-23(29)24(30)27-25-15-20-14-17(3)28(18(20)4)22-8-6-5-7-9-22/h5-16H,1-4H3,(H,26,29)(H,27,30)/b25-15-. The van der Waals surface area contributed by atoms with Crippen LogP contribution >= 0.6 is 0 Å². The van der Waals surface area contributed by atoms with Crippen LogP contribution in [0.15, 0.2) is 65.8 Å². The Balaban J connectivity index is 1.62. The van der Waals surface area contributed by atoms with E-state index in [1.54, 1.807) is 18.3 Å². The van der Waals surface area contributed by atoms with Gasteiger partial charge in [-0.05, 0) is 55.7 Å². The molecule has 0 radical (unpaired) electrons. The summed E-state index contributed by atoms with van der Waals surface area (Å²) in [4.78, 5) is 24.1. The molecule has 1 aromatic heterocycles. The highest BCUT2D eigenvalue weighted by Crippen LogP contribution is 2.19. The van der Waals surface area contributed by atoms with Crippen LogP contribution in [0.4, 0.5) is 5.69 Å². The molecule has 0 spiro atoms. The number of nitrogens with zero attached hydrogens (tertiary/aromatic N) is 2. The number of anilines is 1. The average Bonchev–Trinajstić information content (AvgIpc) is 3.02. The highest BCUT2D eigenvalue weighted by Gasteiger charge is 2.14. The van der Waals surface area contributed by atoms with Gasteiger partial charge in [-0.1, -0.05) is 44.2 Å². The van der Waals surface area contributed by atoms with Crippen molar-refractivity contribution in [1.29, 1.82) is 0 Å². The number of carbonyl (C=O) groups is 2. The summed E-state index contributed by atoms with van der Waals surface area (Å²) in [5.74, 6) is -1.19. The molecule has 0 aliphatic carbocycles. The van der Waals surface area contributed by atoms with E-state index in [1.807, 2.05) is 62.4 Å². The smallest absolute Gasteiger partial charge is 0.318 e. The molecule has 0 aliphatic heterocycles. The van der Waals surface area contributed by atoms with Crippen molar-refractivity contribution in [3.8, 4) is 5.69 Å². The quantitative estimate of drug-likeness (QED) is 0.379. The molecule has 0 bridgehead atoms. The van der Waals surface area contributed by atoms with Gasteiger partial charge in [-0.15, -0.1) is 0 Å². The van der Waals surface area contributed by atoms with Crippen LogP contribution in [0.3, 0.4) is 0 Å². The summed E-state index contributed by atoms with van der Waals surface area (Å²) in [6.07, 6.45) is 1.55. The molecule has 0 fully saturated rings. The second kappa shape index (κ2) is 9.22. The van der Waals surface area contributed by atoms with E-state index < -0.39 is 11.8 Å². The number of amides is 2. The number of carbonyl (C=O) groups excluding carboxylic acids is 2. The zero-order valence-electron chi connectivity index (χ0n) is 17.6. The van der Waals surface area contributed by atoms with Crippen molar-refractivity contribution in [3.05, 3.63) is 83.2 Å². The summed E-state index contributed by atoms with van der Waals surface area (Å²) >= 11 is 0. The molecule has 3 aromatic rings. The molecular weight excluding hydrogens is 376 g/mol. The Morgan fingerprint density at radius 2 is 1.63 bits per heavy atom. The minimum absolute atomic E-state index is 0.399. The van der Waals surface area contributed by atoms with Crippen LogP contribution in [0.2, 0.25) is 0 Å². The highest BCUT2D eigenvalue weighted by molar-refractivity contribution is 6.39. The minimum atomic E-state index is -0.823. The first-order valence-corrected chi connectivity index (χ1v) is 9.85. The monoisotopic (exact) mass is 402 g/mol. The molecule has 1 heterocycles. The topological polar surface area (TPSA) is 75.5 Å². The number of para-hydroxylation sites is 1. The van der Waals surface area contributed by atoms with Crippen LogP contribution in [0.5, 0.6) is 0 Å². The number of aromatic nitrogens is 1. The molecule has 2 N–H and O–H groups in total. The van der Waals surface area contributed by atoms with Crippen molar-refractivity contribution in [2.45, 2.75) is 33.6 Å². The van der Waals surface area contributed by atoms with Crippen LogP contribution in [-0.2, 0) is 9.59 Å². The van der Waals surface area contributed by atoms with E-state index in [9.17, 15) is 9.59 Å². The second-order valence-electron chi connectivity index (χ2n) is 7.43. The zero-order chi connectivity index (χ0) is 21.7. The number of hydrogen-bond acceptors (Lipinski definition) is 3. The number of benzene rings is 2. The molecular formula is C24H26N4O2. The Hall–Kier alpha value is -3.67. The maximum atomic E-state index is 12.1. The molecule has 0 saturated heterocycles. The van der Waals surface area contributed by atoms with Gasteiger partial charge in [0.2, 0.25) is 0 Å². The van der Waals surface area contributed by atoms with Crippen molar-refractivity contribution in [2.75, 3.05) is 5.32 Å². The predicted molar refractivity (Wildman–Crippen MR) is 120 cm³/mol. The van der Waals surface area contributed by atoms with E-state index in [0.29, 0.717) is 11.6 Å². The van der Waals surface area contributed by atoms with Crippen LogP contribution < -0.4 is 10.7 Å². The van der Waals surface area contributed by atoms with Gasteiger partial charge in [0.05, 0.1) is 6.21 Å². The van der Waals surface area contributed by atoms with Crippen molar-refractivity contribution >= 4 is 23.7 Å². The molecule has 6 heteroatoms. The predicted octanol–water partition coefficient (Wildman–Crippen LogP) is 4.31. The zero-order valence-corrected chi connectivity index (χ0v) is 17.6. The van der Waals surface area contributed by atoms with E-state index in [-0.39, 0.29) is 0 Å². The molecule has 0 unspecified atom stereocenters. The van der Waals surface area contributed by atoms with Gasteiger partial charge in [0, 0.05) is 28.3 Å². The lowest BCUT2D eigenvalue weighted by atomic mass is 10.0. The van der Waals surface area contributed by atoms with Gasteiger partial charge in [0.25, 0.3) is 0 Å². The van der Waals surface area contributed by atoms with Crippen molar-refractivity contribution in [2.24, 2.45) is 5.10 Å². The average molecular weight is 402 g/mol. The summed E-state index contributed by atoms with van der Waals surface area (Å²) in [6.45, 7) is 8.18. The Morgan fingerprint density at radius 1 is 0.967 bits per heavy atom. The number of hydrogen-bond donors (Lipinski definition) is 2. The number of hydrazone groups is 1. The first-order chi connectivity index (χ1) is 14.4. The highest BCUT2D eigenvalue weighted by atomic mass is 16.2. The van der Waals surface area contributed by atoms with Crippen molar-refractivity contribution in [1.82, 2.24) is 9.99 Å². The van der Waals surface area contributed by atoms with Gasteiger partial charge in [-0.3, -0.25) is 9.59 Å². The van der Waals surface area contributed by atoms with Crippen LogP contribution in [0.1, 0.15) is 42.3 Å². The lowest BCUT2D eigenvalue weighted by molar-refractivity contribution is -0.136. The summed E-state index contributed by atoms with van der Waals surface area (Å²) in [6, 6.07) is 19.4. The SMILES string of the molecule is Cc1cc(/C=N\NC(=O)C(=O)Nc2ccc(C(C)C)cc2)c(C)n1-c1ccccc1. The Bertz CT molecular complexity index is 1060. The van der Waals surface area contributed by atoms with Crippen LogP contribution in [0.25, 0.3) is 5.69 Å². The molecule has 2 amide bonds. The fourth-order valence-corrected chi connectivity index (χ4v) is 3.24. The third kappa shape index (κ3) is 4.84. The van der Waals surface area contributed by atoms with Gasteiger partial charge >= 0.3 is 11.8 Å².